The maximum absolute atomic E-state index is 7.37. The van der Waals surface area contributed by atoms with Gasteiger partial charge in [0.1, 0.15) is 0 Å². The molecule has 1 saturated heterocycles. The number of benzene rings is 2. The Hall–Kier alpha value is -0.519. The Bertz CT molecular complexity index is 787. The molecule has 0 saturated carbocycles. The van der Waals surface area contributed by atoms with Crippen molar-refractivity contribution in [1.82, 2.24) is 0 Å². The summed E-state index contributed by atoms with van der Waals surface area (Å²) in [6.07, 6.45) is 3.49. The molecular weight excluding hydrogens is 462 g/mol. The van der Waals surface area contributed by atoms with Crippen LogP contribution in [0.15, 0.2) is 60.7 Å². The molecule has 1 aliphatic heterocycles. The summed E-state index contributed by atoms with van der Waals surface area (Å²) in [6, 6.07) is 22.8. The van der Waals surface area contributed by atoms with Crippen molar-refractivity contribution in [2.45, 2.75) is 69.7 Å². The molecule has 0 bridgehead atoms. The summed E-state index contributed by atoms with van der Waals surface area (Å²) >= 11 is -2.66. The Labute approximate surface area is 178 Å². The van der Waals surface area contributed by atoms with Gasteiger partial charge in [-0.25, -0.2) is 0 Å². The summed E-state index contributed by atoms with van der Waals surface area (Å²) in [6.45, 7) is 10.1. The van der Waals surface area contributed by atoms with Crippen LogP contribution in [0.5, 0.6) is 0 Å². The van der Waals surface area contributed by atoms with E-state index < -0.39 is 26.7 Å². The van der Waals surface area contributed by atoms with Crippen molar-refractivity contribution in [3.63, 3.8) is 0 Å². The first-order valence-corrected chi connectivity index (χ1v) is 23.4. The van der Waals surface area contributed by atoms with Crippen molar-refractivity contribution in [2.24, 2.45) is 0 Å². The minimum absolute atomic E-state index is 0.196. The SMILES string of the molecule is CCB1O[Si](C)(c2ccccc2)[C](c2ccccc2)([Sn]([CH3])([CH3])[CH3])C1(CC)CC. The molecule has 28 heavy (non-hydrogen) atoms. The second kappa shape index (κ2) is 7.96. The van der Waals surface area contributed by atoms with Crippen LogP contribution in [0.1, 0.15) is 39.2 Å². The third kappa shape index (κ3) is 2.83. The van der Waals surface area contributed by atoms with Gasteiger partial charge in [-0.2, -0.15) is 0 Å². The zero-order valence-corrected chi connectivity index (χ0v) is 22.7. The van der Waals surface area contributed by atoms with Crippen molar-refractivity contribution >= 4 is 38.8 Å². The monoisotopic (exact) mass is 500 g/mol. The summed E-state index contributed by atoms with van der Waals surface area (Å²) in [5.74, 6) is 0. The van der Waals surface area contributed by atoms with E-state index in [2.05, 4.69) is 103 Å². The van der Waals surface area contributed by atoms with Gasteiger partial charge in [-0.3, -0.25) is 0 Å². The van der Waals surface area contributed by atoms with Crippen LogP contribution < -0.4 is 5.19 Å². The zero-order valence-electron chi connectivity index (χ0n) is 18.9. The molecule has 2 unspecified atom stereocenters. The topological polar surface area (TPSA) is 9.23 Å². The van der Waals surface area contributed by atoms with Crippen LogP contribution >= 0.6 is 0 Å². The standard InChI is InChI=1S/C21H28BOSi.3CH3.Sn/c1-5-21(6-2)20(18-14-10-8-11-15-18)24(4,23-22(21)7-3)19-16-12-9-13-17-19;;;;/h8-17H,5-7H2,1-4H3;3*1H3;. The summed E-state index contributed by atoms with van der Waals surface area (Å²) < 4.78 is 7.57. The van der Waals surface area contributed by atoms with E-state index in [1.807, 2.05) is 0 Å². The van der Waals surface area contributed by atoms with E-state index in [1.54, 1.807) is 5.56 Å². The van der Waals surface area contributed by atoms with Crippen LogP contribution in [-0.4, -0.2) is 33.6 Å². The second-order valence-electron chi connectivity index (χ2n) is 9.64. The molecule has 0 N–H and O–H groups in total. The summed E-state index contributed by atoms with van der Waals surface area (Å²) in [5, 5.41) is 1.70. The molecule has 2 aromatic rings. The van der Waals surface area contributed by atoms with Crippen LogP contribution in [0.3, 0.4) is 0 Å². The number of hydrogen-bond acceptors (Lipinski definition) is 1. The van der Waals surface area contributed by atoms with Crippen molar-refractivity contribution in [3.8, 4) is 0 Å². The molecule has 1 nitrogen and oxygen atoms in total. The van der Waals surface area contributed by atoms with E-state index >= 15 is 0 Å². The van der Waals surface area contributed by atoms with Crippen LogP contribution in [0, 0.1) is 0 Å². The van der Waals surface area contributed by atoms with Crippen molar-refractivity contribution in [3.05, 3.63) is 66.2 Å². The van der Waals surface area contributed by atoms with E-state index in [-0.39, 0.29) is 8.37 Å². The molecular formula is C24H37BOSiSn. The van der Waals surface area contributed by atoms with Gasteiger partial charge < -0.3 is 0 Å². The van der Waals surface area contributed by atoms with E-state index in [9.17, 15) is 0 Å². The summed E-state index contributed by atoms with van der Waals surface area (Å²) in [7, 11) is -2.29. The average Bonchev–Trinajstić information content (AvgIpc) is 2.95. The Morgan fingerprint density at radius 1 is 0.857 bits per heavy atom. The van der Waals surface area contributed by atoms with Gasteiger partial charge in [0.05, 0.1) is 0 Å². The van der Waals surface area contributed by atoms with Gasteiger partial charge in [0.2, 0.25) is 0 Å². The Morgan fingerprint density at radius 2 is 1.36 bits per heavy atom. The average molecular weight is 499 g/mol. The normalized spacial score (nSPS) is 27.2. The molecule has 0 aromatic heterocycles. The van der Waals surface area contributed by atoms with Gasteiger partial charge in [0.25, 0.3) is 0 Å². The summed E-state index contributed by atoms with van der Waals surface area (Å²) in [4.78, 5) is 7.99. The Balaban J connectivity index is 2.49. The second-order valence-corrected chi connectivity index (χ2v) is 29.7. The van der Waals surface area contributed by atoms with Crippen LogP contribution in [-0.2, 0) is 7.40 Å². The molecule has 0 amide bonds. The van der Waals surface area contributed by atoms with Gasteiger partial charge >= 0.3 is 179 Å². The van der Waals surface area contributed by atoms with Crippen LogP contribution in [0.25, 0.3) is 0 Å². The van der Waals surface area contributed by atoms with E-state index in [0.29, 0.717) is 6.92 Å². The minimum atomic E-state index is -2.66. The molecule has 0 radical (unpaired) electrons. The molecule has 1 aliphatic rings. The molecule has 2 atom stereocenters. The van der Waals surface area contributed by atoms with Gasteiger partial charge in [-0.05, 0) is 0 Å². The fourth-order valence-electron chi connectivity index (χ4n) is 7.10. The van der Waals surface area contributed by atoms with Crippen molar-refractivity contribution in [1.29, 1.82) is 0 Å². The fourth-order valence-corrected chi connectivity index (χ4v) is 35.9. The molecule has 0 aliphatic carbocycles. The predicted molar refractivity (Wildman–Crippen MR) is 130 cm³/mol. The first-order chi connectivity index (χ1) is 13.2. The Kier molecular flexibility index (Phi) is 6.30. The molecule has 1 heterocycles. The first kappa shape index (κ1) is 22.2. The zero-order chi connectivity index (χ0) is 20.6. The molecule has 0 spiro atoms. The summed E-state index contributed by atoms with van der Waals surface area (Å²) in [5.41, 5.74) is 1.57. The van der Waals surface area contributed by atoms with E-state index in [4.69, 9.17) is 4.34 Å². The van der Waals surface area contributed by atoms with Gasteiger partial charge in [0.15, 0.2) is 0 Å². The third-order valence-corrected chi connectivity index (χ3v) is 29.9. The Morgan fingerprint density at radius 3 is 1.79 bits per heavy atom. The molecule has 3 rings (SSSR count). The van der Waals surface area contributed by atoms with Crippen LogP contribution in [0.2, 0.25) is 33.0 Å². The maximum atomic E-state index is 7.37. The molecule has 4 heteroatoms. The predicted octanol–water partition coefficient (Wildman–Crippen LogP) is 6.43. The van der Waals surface area contributed by atoms with Crippen LogP contribution in [0.4, 0.5) is 0 Å². The van der Waals surface area contributed by atoms with Gasteiger partial charge in [0, 0.05) is 0 Å². The van der Waals surface area contributed by atoms with Gasteiger partial charge in [-0.15, -0.1) is 0 Å². The third-order valence-electron chi connectivity index (χ3n) is 7.75. The van der Waals surface area contributed by atoms with Gasteiger partial charge in [-0.1, -0.05) is 0 Å². The number of rotatable bonds is 6. The van der Waals surface area contributed by atoms with Crippen molar-refractivity contribution in [2.75, 3.05) is 0 Å². The number of hydrogen-bond donors (Lipinski definition) is 0. The van der Waals surface area contributed by atoms with E-state index in [1.165, 1.54) is 18.0 Å². The molecule has 2 aromatic carbocycles. The molecule has 150 valence electrons. The van der Waals surface area contributed by atoms with Crippen molar-refractivity contribution < 1.29 is 4.34 Å². The quantitative estimate of drug-likeness (QED) is 0.417. The van der Waals surface area contributed by atoms with E-state index in [0.717, 1.165) is 6.32 Å². The first-order valence-electron chi connectivity index (χ1n) is 11.0. The molecule has 1 fully saturated rings. The fraction of sp³-hybridized carbons (Fsp3) is 0.500.